The highest BCUT2D eigenvalue weighted by Gasteiger charge is 2.13. The van der Waals surface area contributed by atoms with Crippen molar-refractivity contribution in [2.75, 3.05) is 27.0 Å². The lowest BCUT2D eigenvalue weighted by Gasteiger charge is -2.12. The summed E-state index contributed by atoms with van der Waals surface area (Å²) in [7, 11) is 1.76. The molecule has 0 radical (unpaired) electrons. The molecular weight excluding hydrogens is 453 g/mol. The molecule has 1 aliphatic heterocycles. The number of hydrogen-bond acceptors (Lipinski definition) is 5. The van der Waals surface area contributed by atoms with Crippen LogP contribution in [-0.4, -0.2) is 33.0 Å². The Morgan fingerprint density at radius 2 is 2.08 bits per heavy atom. The Labute approximate surface area is 168 Å². The Morgan fingerprint density at radius 1 is 1.24 bits per heavy atom. The molecule has 8 heteroatoms. The molecule has 3 rings (SSSR count). The first-order chi connectivity index (χ1) is 11.8. The normalized spacial score (nSPS) is 12.5. The fourth-order valence-corrected chi connectivity index (χ4v) is 3.12. The van der Waals surface area contributed by atoms with E-state index in [1.165, 1.54) is 10.4 Å². The smallest absolute Gasteiger partial charge is 0.231 e. The van der Waals surface area contributed by atoms with Gasteiger partial charge in [0.1, 0.15) is 12.4 Å². The van der Waals surface area contributed by atoms with Gasteiger partial charge in [-0.05, 0) is 36.1 Å². The summed E-state index contributed by atoms with van der Waals surface area (Å²) in [6, 6.07) is 7.70. The van der Waals surface area contributed by atoms with Gasteiger partial charge in [0.05, 0.1) is 13.1 Å². The molecule has 2 aromatic rings. The van der Waals surface area contributed by atoms with Crippen molar-refractivity contribution in [1.82, 2.24) is 10.6 Å². The SMILES string of the molecule is CN=C(NCCOc1ccc2c(c1)OCO2)NCc1sccc1C.I. The standard InChI is InChI=1S/C17H21N3O3S.HI/c1-12-5-8-24-16(12)10-20-17(18-2)19-6-7-21-13-3-4-14-15(9-13)23-11-22-14;/h3-5,8-9H,6-7,10-11H2,1-2H3,(H2,18,19,20);1H. The molecule has 0 spiro atoms. The molecule has 0 saturated heterocycles. The summed E-state index contributed by atoms with van der Waals surface area (Å²) in [5.41, 5.74) is 1.30. The molecular formula is C17H22IN3O3S. The number of guanidine groups is 1. The number of thiophene rings is 1. The molecule has 0 saturated carbocycles. The van der Waals surface area contributed by atoms with E-state index in [0.717, 1.165) is 29.8 Å². The van der Waals surface area contributed by atoms with E-state index < -0.39 is 0 Å². The van der Waals surface area contributed by atoms with Crippen molar-refractivity contribution in [3.8, 4) is 17.2 Å². The van der Waals surface area contributed by atoms with Gasteiger partial charge in [0.25, 0.3) is 0 Å². The lowest BCUT2D eigenvalue weighted by atomic mass is 10.3. The summed E-state index contributed by atoms with van der Waals surface area (Å²) < 4.78 is 16.3. The van der Waals surface area contributed by atoms with E-state index >= 15 is 0 Å². The van der Waals surface area contributed by atoms with Crippen molar-refractivity contribution in [3.63, 3.8) is 0 Å². The van der Waals surface area contributed by atoms with Gasteiger partial charge in [0, 0.05) is 18.0 Å². The van der Waals surface area contributed by atoms with Crippen LogP contribution in [0.4, 0.5) is 0 Å². The molecule has 2 N–H and O–H groups in total. The number of fused-ring (bicyclic) bond motifs is 1. The quantitative estimate of drug-likeness (QED) is 0.291. The van der Waals surface area contributed by atoms with Gasteiger partial charge in [-0.1, -0.05) is 0 Å². The summed E-state index contributed by atoms with van der Waals surface area (Å²) in [6.45, 7) is 4.33. The summed E-state index contributed by atoms with van der Waals surface area (Å²) in [5, 5.41) is 8.64. The third-order valence-electron chi connectivity index (χ3n) is 3.62. The van der Waals surface area contributed by atoms with Crippen LogP contribution in [0.5, 0.6) is 17.2 Å². The first-order valence-electron chi connectivity index (χ1n) is 7.76. The zero-order valence-corrected chi connectivity index (χ0v) is 17.4. The van der Waals surface area contributed by atoms with Crippen LogP contribution >= 0.6 is 35.3 Å². The first-order valence-corrected chi connectivity index (χ1v) is 8.64. The number of aryl methyl sites for hydroxylation is 1. The Kier molecular flexibility index (Phi) is 7.63. The van der Waals surface area contributed by atoms with Crippen LogP contribution in [0.2, 0.25) is 0 Å². The number of halogens is 1. The summed E-state index contributed by atoms with van der Waals surface area (Å²) >= 11 is 1.75. The number of hydrogen-bond donors (Lipinski definition) is 2. The minimum Gasteiger partial charge on any atom is -0.492 e. The van der Waals surface area contributed by atoms with Crippen molar-refractivity contribution in [1.29, 1.82) is 0 Å². The van der Waals surface area contributed by atoms with Crippen LogP contribution in [0.3, 0.4) is 0 Å². The largest absolute Gasteiger partial charge is 0.492 e. The second-order valence-electron chi connectivity index (χ2n) is 5.24. The molecule has 0 unspecified atom stereocenters. The Hall–Kier alpha value is -1.68. The fourth-order valence-electron chi connectivity index (χ4n) is 2.27. The second kappa shape index (κ2) is 9.71. The van der Waals surface area contributed by atoms with Gasteiger partial charge in [-0.3, -0.25) is 4.99 Å². The summed E-state index contributed by atoms with van der Waals surface area (Å²) in [5.74, 6) is 3.01. The molecule has 1 aromatic carbocycles. The average Bonchev–Trinajstić information content (AvgIpc) is 3.22. The maximum Gasteiger partial charge on any atom is 0.231 e. The Bertz CT molecular complexity index is 721. The number of rotatable bonds is 6. The third kappa shape index (κ3) is 5.40. The van der Waals surface area contributed by atoms with Crippen LogP contribution in [0.1, 0.15) is 10.4 Å². The summed E-state index contributed by atoms with van der Waals surface area (Å²) in [4.78, 5) is 5.53. The van der Waals surface area contributed by atoms with Crippen LogP contribution < -0.4 is 24.8 Å². The number of aliphatic imine (C=N–C) groups is 1. The van der Waals surface area contributed by atoms with Gasteiger partial charge in [0.15, 0.2) is 17.5 Å². The lowest BCUT2D eigenvalue weighted by Crippen LogP contribution is -2.38. The maximum atomic E-state index is 5.72. The highest BCUT2D eigenvalue weighted by Crippen LogP contribution is 2.34. The zero-order valence-electron chi connectivity index (χ0n) is 14.2. The monoisotopic (exact) mass is 475 g/mol. The molecule has 1 aliphatic rings. The minimum absolute atomic E-state index is 0. The van der Waals surface area contributed by atoms with Crippen LogP contribution in [0, 0.1) is 6.92 Å². The van der Waals surface area contributed by atoms with Gasteiger partial charge >= 0.3 is 0 Å². The van der Waals surface area contributed by atoms with E-state index in [2.05, 4.69) is 34.0 Å². The van der Waals surface area contributed by atoms with Gasteiger partial charge in [0.2, 0.25) is 6.79 Å². The van der Waals surface area contributed by atoms with Gasteiger partial charge in [-0.15, -0.1) is 35.3 Å². The highest BCUT2D eigenvalue weighted by atomic mass is 127. The highest BCUT2D eigenvalue weighted by molar-refractivity contribution is 14.0. The molecule has 0 fully saturated rings. The van der Waals surface area contributed by atoms with Gasteiger partial charge in [-0.25, -0.2) is 0 Å². The van der Waals surface area contributed by atoms with E-state index in [0.29, 0.717) is 13.2 Å². The van der Waals surface area contributed by atoms with Gasteiger partial charge < -0.3 is 24.8 Å². The molecule has 136 valence electrons. The molecule has 25 heavy (non-hydrogen) atoms. The summed E-state index contributed by atoms with van der Waals surface area (Å²) in [6.07, 6.45) is 0. The molecule has 1 aromatic heterocycles. The molecule has 0 bridgehead atoms. The van der Waals surface area contributed by atoms with E-state index in [4.69, 9.17) is 14.2 Å². The van der Waals surface area contributed by atoms with Crippen molar-refractivity contribution < 1.29 is 14.2 Å². The number of benzene rings is 1. The second-order valence-corrected chi connectivity index (χ2v) is 6.24. The predicted octanol–water partition coefficient (Wildman–Crippen LogP) is 3.15. The van der Waals surface area contributed by atoms with Crippen molar-refractivity contribution >= 4 is 41.3 Å². The number of ether oxygens (including phenoxy) is 3. The fraction of sp³-hybridized carbons (Fsp3) is 0.353. The lowest BCUT2D eigenvalue weighted by molar-refractivity contribution is 0.173. The number of nitrogens with zero attached hydrogens (tertiary/aromatic N) is 1. The third-order valence-corrected chi connectivity index (χ3v) is 4.64. The molecule has 2 heterocycles. The van der Waals surface area contributed by atoms with E-state index in [-0.39, 0.29) is 30.8 Å². The van der Waals surface area contributed by atoms with Crippen LogP contribution in [0.15, 0.2) is 34.6 Å². The average molecular weight is 475 g/mol. The van der Waals surface area contributed by atoms with Crippen molar-refractivity contribution in [3.05, 3.63) is 40.1 Å². The predicted molar refractivity (Wildman–Crippen MR) is 111 cm³/mol. The first kappa shape index (κ1) is 19.6. The van der Waals surface area contributed by atoms with E-state index in [9.17, 15) is 0 Å². The van der Waals surface area contributed by atoms with Crippen molar-refractivity contribution in [2.45, 2.75) is 13.5 Å². The molecule has 6 nitrogen and oxygen atoms in total. The Balaban J connectivity index is 0.00000225. The molecule has 0 amide bonds. The van der Waals surface area contributed by atoms with E-state index in [1.807, 2.05) is 18.2 Å². The van der Waals surface area contributed by atoms with Gasteiger partial charge in [-0.2, -0.15) is 0 Å². The number of nitrogens with one attached hydrogen (secondary N) is 2. The van der Waals surface area contributed by atoms with Crippen LogP contribution in [0.25, 0.3) is 0 Å². The Morgan fingerprint density at radius 3 is 2.84 bits per heavy atom. The maximum absolute atomic E-state index is 5.72. The van der Waals surface area contributed by atoms with Crippen molar-refractivity contribution in [2.24, 2.45) is 4.99 Å². The van der Waals surface area contributed by atoms with Crippen LogP contribution in [-0.2, 0) is 6.54 Å². The topological polar surface area (TPSA) is 64.1 Å². The molecule has 0 atom stereocenters. The molecule has 0 aliphatic carbocycles. The van der Waals surface area contributed by atoms with E-state index in [1.54, 1.807) is 18.4 Å². The minimum atomic E-state index is 0. The zero-order chi connectivity index (χ0) is 16.8.